The Morgan fingerprint density at radius 1 is 1.05 bits per heavy atom. The van der Waals surface area contributed by atoms with Crippen molar-refractivity contribution in [3.8, 4) is 23.1 Å². The van der Waals surface area contributed by atoms with E-state index in [1.807, 2.05) is 18.2 Å². The first kappa shape index (κ1) is 11.9. The second kappa shape index (κ2) is 4.60. The van der Waals surface area contributed by atoms with Gasteiger partial charge in [0.15, 0.2) is 5.13 Å². The summed E-state index contributed by atoms with van der Waals surface area (Å²) < 4.78 is 6.25. The van der Waals surface area contributed by atoms with Crippen LogP contribution in [0.25, 0.3) is 33.3 Å². The van der Waals surface area contributed by atoms with Crippen molar-refractivity contribution in [1.82, 2.24) is 25.1 Å². The third-order valence-corrected chi connectivity index (χ3v) is 3.69. The molecule has 0 spiro atoms. The SMILES string of the molecule is Nc1nc2ccc(-c3nc(-c4ncccn4)no3)cc2s1. The molecule has 0 aliphatic heterocycles. The molecule has 0 saturated carbocycles. The minimum atomic E-state index is 0.356. The van der Waals surface area contributed by atoms with E-state index in [1.165, 1.54) is 11.3 Å². The molecule has 0 radical (unpaired) electrons. The number of benzene rings is 1. The van der Waals surface area contributed by atoms with Crippen LogP contribution in [0.1, 0.15) is 0 Å². The average molecular weight is 296 g/mol. The number of nitrogens with two attached hydrogens (primary N) is 1. The van der Waals surface area contributed by atoms with Gasteiger partial charge in [0.1, 0.15) is 0 Å². The molecule has 0 unspecified atom stereocenters. The number of rotatable bonds is 2. The quantitative estimate of drug-likeness (QED) is 0.605. The molecule has 0 bridgehead atoms. The predicted octanol–water partition coefficient (Wildman–Crippen LogP) is 2.39. The molecule has 7 nitrogen and oxygen atoms in total. The normalized spacial score (nSPS) is 11.0. The Kier molecular flexibility index (Phi) is 2.61. The molecule has 0 amide bonds. The fourth-order valence-electron chi connectivity index (χ4n) is 1.92. The van der Waals surface area contributed by atoms with Gasteiger partial charge in [0.2, 0.25) is 11.6 Å². The van der Waals surface area contributed by atoms with E-state index in [2.05, 4.69) is 25.1 Å². The first-order chi connectivity index (χ1) is 10.3. The number of hydrogen-bond donors (Lipinski definition) is 1. The van der Waals surface area contributed by atoms with Crippen molar-refractivity contribution in [1.29, 1.82) is 0 Å². The maximum Gasteiger partial charge on any atom is 0.258 e. The first-order valence-electron chi connectivity index (χ1n) is 6.07. The molecule has 2 N–H and O–H groups in total. The zero-order chi connectivity index (χ0) is 14.2. The van der Waals surface area contributed by atoms with Crippen LogP contribution in [0, 0.1) is 0 Å². The van der Waals surface area contributed by atoms with E-state index >= 15 is 0 Å². The molecular formula is C13H8N6OS. The highest BCUT2D eigenvalue weighted by molar-refractivity contribution is 7.22. The molecule has 8 heteroatoms. The smallest absolute Gasteiger partial charge is 0.258 e. The Labute approximate surface area is 122 Å². The van der Waals surface area contributed by atoms with E-state index in [1.54, 1.807) is 18.5 Å². The second-order valence-electron chi connectivity index (χ2n) is 4.23. The summed E-state index contributed by atoms with van der Waals surface area (Å²) in [4.78, 5) is 16.7. The maximum absolute atomic E-state index is 5.70. The lowest BCUT2D eigenvalue weighted by Gasteiger charge is -1.93. The topological polar surface area (TPSA) is 104 Å². The van der Waals surface area contributed by atoms with Gasteiger partial charge in [-0.1, -0.05) is 16.5 Å². The Bertz CT molecular complexity index is 917. The van der Waals surface area contributed by atoms with Crippen LogP contribution in [-0.4, -0.2) is 25.1 Å². The van der Waals surface area contributed by atoms with Crippen molar-refractivity contribution >= 4 is 26.7 Å². The van der Waals surface area contributed by atoms with Crippen LogP contribution in [0.15, 0.2) is 41.2 Å². The van der Waals surface area contributed by atoms with Gasteiger partial charge in [-0.2, -0.15) is 4.98 Å². The highest BCUT2D eigenvalue weighted by Crippen LogP contribution is 2.29. The number of nitrogens with zero attached hydrogens (tertiary/aromatic N) is 5. The molecule has 0 atom stereocenters. The Balaban J connectivity index is 1.77. The number of nitrogen functional groups attached to an aromatic ring is 1. The number of fused-ring (bicyclic) bond motifs is 1. The van der Waals surface area contributed by atoms with E-state index in [9.17, 15) is 0 Å². The van der Waals surface area contributed by atoms with E-state index in [0.717, 1.165) is 15.8 Å². The molecule has 0 aliphatic rings. The maximum atomic E-state index is 5.70. The zero-order valence-electron chi connectivity index (χ0n) is 10.6. The van der Waals surface area contributed by atoms with Gasteiger partial charge in [-0.05, 0) is 24.3 Å². The molecule has 4 rings (SSSR count). The van der Waals surface area contributed by atoms with Crippen LogP contribution in [0.4, 0.5) is 5.13 Å². The third kappa shape index (κ3) is 2.11. The lowest BCUT2D eigenvalue weighted by molar-refractivity contribution is 0.432. The van der Waals surface area contributed by atoms with Crippen LogP contribution >= 0.6 is 11.3 Å². The number of anilines is 1. The second-order valence-corrected chi connectivity index (χ2v) is 5.29. The molecule has 21 heavy (non-hydrogen) atoms. The van der Waals surface area contributed by atoms with Crippen molar-refractivity contribution < 1.29 is 4.52 Å². The fraction of sp³-hybridized carbons (Fsp3) is 0. The third-order valence-electron chi connectivity index (χ3n) is 2.84. The van der Waals surface area contributed by atoms with Crippen LogP contribution in [0.3, 0.4) is 0 Å². The highest BCUT2D eigenvalue weighted by Gasteiger charge is 2.13. The summed E-state index contributed by atoms with van der Waals surface area (Å²) in [7, 11) is 0. The van der Waals surface area contributed by atoms with Crippen LogP contribution in [-0.2, 0) is 0 Å². The van der Waals surface area contributed by atoms with Gasteiger partial charge in [-0.25, -0.2) is 15.0 Å². The average Bonchev–Trinajstić information content (AvgIpc) is 3.12. The summed E-state index contributed by atoms with van der Waals surface area (Å²) in [6.45, 7) is 0. The van der Waals surface area contributed by atoms with Gasteiger partial charge in [0.25, 0.3) is 5.89 Å². The van der Waals surface area contributed by atoms with Crippen molar-refractivity contribution in [2.75, 3.05) is 5.73 Å². The standard InChI is InChI=1S/C13H8N6OS/c14-13-17-8-3-2-7(6-9(8)21-13)12-18-11(19-20-12)10-15-4-1-5-16-10/h1-6H,(H2,14,17). The van der Waals surface area contributed by atoms with Gasteiger partial charge in [0.05, 0.1) is 10.2 Å². The summed E-state index contributed by atoms with van der Waals surface area (Å²) in [5.74, 6) is 1.19. The summed E-state index contributed by atoms with van der Waals surface area (Å²) >= 11 is 1.42. The van der Waals surface area contributed by atoms with Crippen molar-refractivity contribution in [3.05, 3.63) is 36.7 Å². The molecule has 4 aromatic rings. The lowest BCUT2D eigenvalue weighted by atomic mass is 10.2. The van der Waals surface area contributed by atoms with E-state index < -0.39 is 0 Å². The summed E-state index contributed by atoms with van der Waals surface area (Å²) in [6, 6.07) is 7.39. The number of thiazole rings is 1. The summed E-state index contributed by atoms with van der Waals surface area (Å²) in [5.41, 5.74) is 7.36. The fourth-order valence-corrected chi connectivity index (χ4v) is 2.70. The van der Waals surface area contributed by atoms with Crippen LogP contribution < -0.4 is 5.73 Å². The Morgan fingerprint density at radius 3 is 2.76 bits per heavy atom. The number of hydrogen-bond acceptors (Lipinski definition) is 8. The van der Waals surface area contributed by atoms with Gasteiger partial charge in [0, 0.05) is 18.0 Å². The summed E-state index contributed by atoms with van der Waals surface area (Å²) in [6.07, 6.45) is 3.26. The highest BCUT2D eigenvalue weighted by atomic mass is 32.1. The monoisotopic (exact) mass is 296 g/mol. The molecule has 3 aromatic heterocycles. The van der Waals surface area contributed by atoms with Crippen molar-refractivity contribution in [2.45, 2.75) is 0 Å². The van der Waals surface area contributed by atoms with Crippen LogP contribution in [0.2, 0.25) is 0 Å². The Morgan fingerprint density at radius 2 is 1.90 bits per heavy atom. The molecule has 0 fully saturated rings. The van der Waals surface area contributed by atoms with Crippen molar-refractivity contribution in [2.24, 2.45) is 0 Å². The number of aromatic nitrogens is 5. The van der Waals surface area contributed by atoms with Crippen molar-refractivity contribution in [3.63, 3.8) is 0 Å². The first-order valence-corrected chi connectivity index (χ1v) is 6.89. The zero-order valence-corrected chi connectivity index (χ0v) is 11.4. The molecule has 0 aliphatic carbocycles. The molecule has 3 heterocycles. The predicted molar refractivity (Wildman–Crippen MR) is 78.4 cm³/mol. The van der Waals surface area contributed by atoms with Crippen LogP contribution in [0.5, 0.6) is 0 Å². The molecule has 102 valence electrons. The largest absolute Gasteiger partial charge is 0.375 e. The Hall–Kier alpha value is -2.87. The van der Waals surface area contributed by atoms with Gasteiger partial charge in [-0.15, -0.1) is 0 Å². The van der Waals surface area contributed by atoms with Gasteiger partial charge < -0.3 is 10.3 Å². The minimum absolute atomic E-state index is 0.356. The van der Waals surface area contributed by atoms with Gasteiger partial charge in [-0.3, -0.25) is 0 Å². The lowest BCUT2D eigenvalue weighted by Crippen LogP contribution is -1.88. The molecular weight excluding hydrogens is 288 g/mol. The van der Waals surface area contributed by atoms with Gasteiger partial charge >= 0.3 is 0 Å². The minimum Gasteiger partial charge on any atom is -0.375 e. The molecule has 0 saturated heterocycles. The summed E-state index contributed by atoms with van der Waals surface area (Å²) in [5, 5.41) is 4.43. The van der Waals surface area contributed by atoms with E-state index in [0.29, 0.717) is 22.7 Å². The van der Waals surface area contributed by atoms with E-state index in [4.69, 9.17) is 10.3 Å². The van der Waals surface area contributed by atoms with E-state index in [-0.39, 0.29) is 0 Å². The molecule has 1 aromatic carbocycles.